The Morgan fingerprint density at radius 2 is 1.83 bits per heavy atom. The van der Waals surface area contributed by atoms with Crippen molar-refractivity contribution in [1.82, 2.24) is 0 Å². The monoisotopic (exact) mass is 345 g/mol. The van der Waals surface area contributed by atoms with Crippen LogP contribution in [-0.2, 0) is 14.3 Å². The zero-order valence-electron chi connectivity index (χ0n) is 13.1. The molecule has 24 heavy (non-hydrogen) atoms. The van der Waals surface area contributed by atoms with Gasteiger partial charge in [0.2, 0.25) is 11.8 Å². The van der Waals surface area contributed by atoms with Gasteiger partial charge >= 0.3 is 5.97 Å². The first-order chi connectivity index (χ1) is 11.5. The number of imide groups is 1. The zero-order chi connectivity index (χ0) is 17.0. The number of ether oxygens (including phenoxy) is 1. The minimum Gasteiger partial charge on any atom is -0.462 e. The molecule has 2 amide bonds. The van der Waals surface area contributed by atoms with Crippen LogP contribution in [0, 0.1) is 23.7 Å². The van der Waals surface area contributed by atoms with Crippen molar-refractivity contribution in [1.29, 1.82) is 0 Å². The molecule has 1 aromatic rings. The summed E-state index contributed by atoms with van der Waals surface area (Å²) in [6.07, 6.45) is 4.98. The van der Waals surface area contributed by atoms with Crippen molar-refractivity contribution in [3.05, 3.63) is 40.9 Å². The number of allylic oxidation sites excluding steroid dienone is 2. The van der Waals surface area contributed by atoms with Gasteiger partial charge in [-0.2, -0.15) is 0 Å². The third kappa shape index (κ3) is 2.04. The lowest BCUT2D eigenvalue weighted by Gasteiger charge is -2.18. The first-order valence-electron chi connectivity index (χ1n) is 8.05. The first kappa shape index (κ1) is 15.4. The first-order valence-corrected chi connectivity index (χ1v) is 8.43. The summed E-state index contributed by atoms with van der Waals surface area (Å²) in [7, 11) is 0. The molecule has 0 aromatic heterocycles. The Bertz CT molecular complexity index is 757. The molecule has 2 bridgehead atoms. The minimum absolute atomic E-state index is 0.151. The summed E-state index contributed by atoms with van der Waals surface area (Å²) in [6.45, 7) is 1.92. The van der Waals surface area contributed by atoms with Crippen LogP contribution in [-0.4, -0.2) is 24.4 Å². The van der Waals surface area contributed by atoms with Crippen LogP contribution in [0.2, 0.25) is 5.02 Å². The number of halogens is 1. The van der Waals surface area contributed by atoms with E-state index >= 15 is 0 Å². The van der Waals surface area contributed by atoms with Gasteiger partial charge in [0.05, 0.1) is 34.7 Å². The number of anilines is 1. The Kier molecular flexibility index (Phi) is 3.49. The Labute approximate surface area is 144 Å². The van der Waals surface area contributed by atoms with E-state index in [1.165, 1.54) is 17.0 Å². The molecule has 0 radical (unpaired) electrons. The topological polar surface area (TPSA) is 63.7 Å². The number of carbonyl (C=O) groups excluding carboxylic acids is 3. The van der Waals surface area contributed by atoms with Gasteiger partial charge in [-0.1, -0.05) is 23.8 Å². The highest BCUT2D eigenvalue weighted by molar-refractivity contribution is 6.34. The van der Waals surface area contributed by atoms with Gasteiger partial charge in [0.1, 0.15) is 0 Å². The van der Waals surface area contributed by atoms with Crippen LogP contribution in [0.1, 0.15) is 23.7 Å². The standard InChI is InChI=1S/C18H16ClNO4/c1-2-24-18(23)12-8-11(5-6-13(12)19)20-16(21)14-9-3-4-10(7-9)15(14)17(20)22/h3-6,8-10,14-15H,2,7H2,1H3. The number of rotatable bonds is 3. The molecule has 6 heteroatoms. The molecule has 2 aliphatic carbocycles. The van der Waals surface area contributed by atoms with E-state index in [-0.39, 0.29) is 52.7 Å². The van der Waals surface area contributed by atoms with Crippen molar-refractivity contribution >= 4 is 35.1 Å². The van der Waals surface area contributed by atoms with E-state index in [1.54, 1.807) is 13.0 Å². The summed E-state index contributed by atoms with van der Waals surface area (Å²) in [4.78, 5) is 38.8. The zero-order valence-corrected chi connectivity index (χ0v) is 13.8. The smallest absolute Gasteiger partial charge is 0.339 e. The van der Waals surface area contributed by atoms with E-state index in [0.29, 0.717) is 5.69 Å². The third-order valence-electron chi connectivity index (χ3n) is 5.17. The summed E-state index contributed by atoms with van der Waals surface area (Å²) in [5.74, 6) is -1.16. The fourth-order valence-corrected chi connectivity index (χ4v) is 4.37. The molecule has 3 aliphatic rings. The van der Waals surface area contributed by atoms with Crippen LogP contribution < -0.4 is 4.90 Å². The summed E-state index contributed by atoms with van der Waals surface area (Å²) < 4.78 is 4.98. The quantitative estimate of drug-likeness (QED) is 0.480. The van der Waals surface area contributed by atoms with Gasteiger partial charge in [-0.3, -0.25) is 9.59 Å². The van der Waals surface area contributed by atoms with Crippen molar-refractivity contribution < 1.29 is 19.1 Å². The van der Waals surface area contributed by atoms with E-state index in [4.69, 9.17) is 16.3 Å². The molecule has 4 rings (SSSR count). The van der Waals surface area contributed by atoms with Crippen LogP contribution in [0.4, 0.5) is 5.69 Å². The van der Waals surface area contributed by atoms with Crippen LogP contribution >= 0.6 is 11.6 Å². The largest absolute Gasteiger partial charge is 0.462 e. The lowest BCUT2D eigenvalue weighted by molar-refractivity contribution is -0.123. The molecule has 1 aliphatic heterocycles. The number of amides is 2. The molecular weight excluding hydrogens is 330 g/mol. The maximum Gasteiger partial charge on any atom is 0.339 e. The molecule has 1 saturated heterocycles. The van der Waals surface area contributed by atoms with Gasteiger partial charge < -0.3 is 4.74 Å². The maximum atomic E-state index is 12.8. The Morgan fingerprint density at radius 3 is 2.42 bits per heavy atom. The molecule has 4 atom stereocenters. The van der Waals surface area contributed by atoms with Crippen LogP contribution in [0.3, 0.4) is 0 Å². The Hall–Kier alpha value is -2.14. The molecule has 2 fully saturated rings. The van der Waals surface area contributed by atoms with Gasteiger partial charge in [0.25, 0.3) is 0 Å². The average Bonchev–Trinajstić information content (AvgIpc) is 3.23. The van der Waals surface area contributed by atoms with Gasteiger partial charge in [-0.05, 0) is 43.4 Å². The molecular formula is C18H16ClNO4. The molecule has 1 aromatic carbocycles. The summed E-state index contributed by atoms with van der Waals surface area (Å²) in [5, 5.41) is 0.234. The number of hydrogen-bond donors (Lipinski definition) is 0. The maximum absolute atomic E-state index is 12.8. The average molecular weight is 346 g/mol. The minimum atomic E-state index is -0.564. The van der Waals surface area contributed by atoms with E-state index < -0.39 is 5.97 Å². The number of nitrogens with zero attached hydrogens (tertiary/aromatic N) is 1. The van der Waals surface area contributed by atoms with Crippen molar-refractivity contribution in [2.45, 2.75) is 13.3 Å². The van der Waals surface area contributed by atoms with E-state index in [9.17, 15) is 14.4 Å². The normalized spacial score (nSPS) is 30.2. The number of benzene rings is 1. The summed E-state index contributed by atoms with van der Waals surface area (Å²) >= 11 is 6.06. The van der Waals surface area contributed by atoms with Crippen LogP contribution in [0.5, 0.6) is 0 Å². The van der Waals surface area contributed by atoms with Crippen molar-refractivity contribution in [2.75, 3.05) is 11.5 Å². The van der Waals surface area contributed by atoms with E-state index in [2.05, 4.69) is 0 Å². The van der Waals surface area contributed by atoms with Crippen molar-refractivity contribution in [2.24, 2.45) is 23.7 Å². The van der Waals surface area contributed by atoms with Crippen LogP contribution in [0.15, 0.2) is 30.4 Å². The molecule has 5 nitrogen and oxygen atoms in total. The van der Waals surface area contributed by atoms with Crippen molar-refractivity contribution in [3.8, 4) is 0 Å². The SMILES string of the molecule is CCOC(=O)c1cc(N2C(=O)C3C4C=CC(C4)C3C2=O)ccc1Cl. The highest BCUT2D eigenvalue weighted by Crippen LogP contribution is 2.53. The second-order valence-corrected chi connectivity index (χ2v) is 6.80. The predicted molar refractivity (Wildman–Crippen MR) is 87.6 cm³/mol. The Morgan fingerprint density at radius 1 is 1.21 bits per heavy atom. The molecule has 4 unspecified atom stereocenters. The molecule has 1 heterocycles. The molecule has 124 valence electrons. The highest BCUT2D eigenvalue weighted by Gasteiger charge is 2.59. The lowest BCUT2D eigenvalue weighted by Crippen LogP contribution is -2.33. The molecule has 0 N–H and O–H groups in total. The summed E-state index contributed by atoms with van der Waals surface area (Å²) in [5.41, 5.74) is 0.543. The van der Waals surface area contributed by atoms with Gasteiger partial charge in [-0.25, -0.2) is 9.69 Å². The van der Waals surface area contributed by atoms with Gasteiger partial charge in [0.15, 0.2) is 0 Å². The number of carbonyl (C=O) groups is 3. The predicted octanol–water partition coefficient (Wildman–Crippen LogP) is 2.83. The third-order valence-corrected chi connectivity index (χ3v) is 5.50. The summed E-state index contributed by atoms with van der Waals surface area (Å²) in [6, 6.07) is 4.58. The fraction of sp³-hybridized carbons (Fsp3) is 0.389. The number of fused-ring (bicyclic) bond motifs is 5. The highest BCUT2D eigenvalue weighted by atomic mass is 35.5. The van der Waals surface area contributed by atoms with Crippen molar-refractivity contribution in [3.63, 3.8) is 0 Å². The van der Waals surface area contributed by atoms with Crippen LogP contribution in [0.25, 0.3) is 0 Å². The molecule has 0 spiro atoms. The second kappa shape index (κ2) is 5.45. The number of esters is 1. The fourth-order valence-electron chi connectivity index (χ4n) is 4.17. The van der Waals surface area contributed by atoms with E-state index in [1.807, 2.05) is 12.2 Å². The number of hydrogen-bond acceptors (Lipinski definition) is 4. The lowest BCUT2D eigenvalue weighted by atomic mass is 9.85. The van der Waals surface area contributed by atoms with Gasteiger partial charge in [0, 0.05) is 0 Å². The Balaban J connectivity index is 1.70. The van der Waals surface area contributed by atoms with E-state index in [0.717, 1.165) is 6.42 Å². The second-order valence-electron chi connectivity index (χ2n) is 6.40. The molecule has 1 saturated carbocycles. The van der Waals surface area contributed by atoms with Gasteiger partial charge in [-0.15, -0.1) is 0 Å².